The molecule has 4 rings (SSSR count). The Kier molecular flexibility index (Phi) is 4.03. The van der Waals surface area contributed by atoms with Crippen LogP contribution in [0.1, 0.15) is 29.7 Å². The lowest BCUT2D eigenvalue weighted by Crippen LogP contribution is -2.31. The zero-order valence-corrected chi connectivity index (χ0v) is 15.5. The van der Waals surface area contributed by atoms with Crippen molar-refractivity contribution in [3.05, 3.63) is 76.5 Å². The van der Waals surface area contributed by atoms with Crippen LogP contribution >= 0.6 is 0 Å². The maximum Gasteiger partial charge on any atom is 0.248 e. The number of carbonyl (C=O) groups is 1. The highest BCUT2D eigenvalue weighted by Gasteiger charge is 2.33. The second-order valence-corrected chi connectivity index (χ2v) is 6.92. The van der Waals surface area contributed by atoms with Gasteiger partial charge < -0.3 is 11.1 Å². The Hall–Kier alpha value is -3.41. The highest BCUT2D eigenvalue weighted by Crippen LogP contribution is 2.36. The van der Waals surface area contributed by atoms with Gasteiger partial charge >= 0.3 is 0 Å². The van der Waals surface area contributed by atoms with E-state index in [9.17, 15) is 4.79 Å². The van der Waals surface area contributed by atoms with E-state index in [-0.39, 0.29) is 0 Å². The summed E-state index contributed by atoms with van der Waals surface area (Å²) in [7, 11) is 0. The number of primary amides is 1. The molecule has 136 valence electrons. The summed E-state index contributed by atoms with van der Waals surface area (Å²) in [5.41, 5.74) is 11.0. The molecule has 3 aromatic rings. The Balaban J connectivity index is 1.90. The van der Waals surface area contributed by atoms with Crippen LogP contribution in [0.4, 0.5) is 5.95 Å². The Labute approximate surface area is 157 Å². The van der Waals surface area contributed by atoms with Crippen molar-refractivity contribution in [1.82, 2.24) is 14.8 Å². The van der Waals surface area contributed by atoms with Crippen LogP contribution in [0, 0.1) is 13.8 Å². The van der Waals surface area contributed by atoms with Crippen molar-refractivity contribution in [2.24, 2.45) is 5.73 Å². The molecule has 1 aliphatic rings. The van der Waals surface area contributed by atoms with E-state index < -0.39 is 11.9 Å². The van der Waals surface area contributed by atoms with Crippen molar-refractivity contribution in [3.63, 3.8) is 0 Å². The topological polar surface area (TPSA) is 85.8 Å². The average molecular weight is 359 g/mol. The minimum atomic E-state index is -0.468. The number of fused-ring (bicyclic) bond motifs is 1. The monoisotopic (exact) mass is 359 g/mol. The van der Waals surface area contributed by atoms with Gasteiger partial charge in [0, 0.05) is 11.3 Å². The van der Waals surface area contributed by atoms with Crippen LogP contribution in [-0.4, -0.2) is 20.7 Å². The third-order valence-corrected chi connectivity index (χ3v) is 4.75. The molecule has 0 unspecified atom stereocenters. The number of benzene rings is 2. The molecule has 27 heavy (non-hydrogen) atoms. The van der Waals surface area contributed by atoms with Crippen molar-refractivity contribution in [2.45, 2.75) is 26.8 Å². The summed E-state index contributed by atoms with van der Waals surface area (Å²) in [6, 6.07) is 15.6. The van der Waals surface area contributed by atoms with Gasteiger partial charge in [-0.2, -0.15) is 4.98 Å². The Morgan fingerprint density at radius 1 is 1.07 bits per heavy atom. The fraction of sp³-hybridized carbons (Fsp3) is 0.190. The first-order chi connectivity index (χ1) is 12.9. The third-order valence-electron chi connectivity index (χ3n) is 4.75. The molecule has 1 atom stereocenters. The lowest BCUT2D eigenvalue weighted by atomic mass is 9.94. The van der Waals surface area contributed by atoms with Gasteiger partial charge in [-0.25, -0.2) is 4.68 Å². The highest BCUT2D eigenvalue weighted by atomic mass is 16.1. The molecule has 1 amide bonds. The molecular weight excluding hydrogens is 338 g/mol. The van der Waals surface area contributed by atoms with Crippen LogP contribution in [0.25, 0.3) is 11.4 Å². The van der Waals surface area contributed by atoms with Crippen molar-refractivity contribution < 1.29 is 4.79 Å². The number of aryl methyl sites for hydroxylation is 2. The van der Waals surface area contributed by atoms with Crippen molar-refractivity contribution in [1.29, 1.82) is 0 Å². The van der Waals surface area contributed by atoms with Gasteiger partial charge in [0.05, 0.1) is 5.57 Å². The Morgan fingerprint density at radius 2 is 1.78 bits per heavy atom. The molecule has 0 saturated carbocycles. The predicted octanol–water partition coefficient (Wildman–Crippen LogP) is 3.34. The molecule has 2 heterocycles. The molecule has 2 aromatic carbocycles. The lowest BCUT2D eigenvalue weighted by Gasteiger charge is -2.27. The van der Waals surface area contributed by atoms with Crippen LogP contribution in [0.3, 0.4) is 0 Å². The van der Waals surface area contributed by atoms with E-state index in [0.717, 1.165) is 22.3 Å². The second-order valence-electron chi connectivity index (χ2n) is 6.92. The van der Waals surface area contributed by atoms with Crippen molar-refractivity contribution in [2.75, 3.05) is 5.32 Å². The van der Waals surface area contributed by atoms with Gasteiger partial charge in [-0.05, 0) is 32.4 Å². The standard InChI is InChI=1S/C21H21N5O/c1-12-6-4-8-15(10-12)18-17(19(22)27)14(3)23-21-24-20(25-26(18)21)16-9-5-7-13(2)11-16/h4-11,18H,1-3H3,(H2,22,27)(H,23,24,25)/t18-/m0/s1. The molecule has 0 saturated heterocycles. The lowest BCUT2D eigenvalue weighted by molar-refractivity contribution is -0.115. The number of hydrogen-bond acceptors (Lipinski definition) is 4. The van der Waals surface area contributed by atoms with E-state index in [0.29, 0.717) is 23.0 Å². The number of rotatable bonds is 3. The van der Waals surface area contributed by atoms with Crippen molar-refractivity contribution in [3.8, 4) is 11.4 Å². The molecule has 0 fully saturated rings. The molecule has 0 bridgehead atoms. The number of anilines is 1. The minimum Gasteiger partial charge on any atom is -0.366 e. The number of hydrogen-bond donors (Lipinski definition) is 2. The van der Waals surface area contributed by atoms with E-state index in [1.54, 1.807) is 4.68 Å². The van der Waals surface area contributed by atoms with Gasteiger partial charge in [0.15, 0.2) is 5.82 Å². The molecular formula is C21H21N5O. The van der Waals surface area contributed by atoms with E-state index in [4.69, 9.17) is 10.8 Å². The zero-order valence-electron chi connectivity index (χ0n) is 15.5. The van der Waals surface area contributed by atoms with E-state index >= 15 is 0 Å². The minimum absolute atomic E-state index is 0.412. The average Bonchev–Trinajstić information content (AvgIpc) is 3.03. The fourth-order valence-electron chi connectivity index (χ4n) is 3.53. The number of allylic oxidation sites excluding steroid dienone is 1. The normalized spacial score (nSPS) is 16.0. The number of nitrogens with one attached hydrogen (secondary N) is 1. The second kappa shape index (κ2) is 6.39. The molecule has 0 spiro atoms. The summed E-state index contributed by atoms with van der Waals surface area (Å²) >= 11 is 0. The fourth-order valence-corrected chi connectivity index (χ4v) is 3.53. The summed E-state index contributed by atoms with van der Waals surface area (Å²) in [6.45, 7) is 5.89. The SMILES string of the molecule is CC1=C(C(N)=O)[C@H](c2cccc(C)c2)n2nc(-c3cccc(C)c3)nc2N1. The van der Waals surface area contributed by atoms with Gasteiger partial charge in [0.25, 0.3) is 0 Å². The summed E-state index contributed by atoms with van der Waals surface area (Å²) in [5.74, 6) is 0.739. The smallest absolute Gasteiger partial charge is 0.248 e. The van der Waals surface area contributed by atoms with Crippen LogP contribution in [0.15, 0.2) is 59.8 Å². The van der Waals surface area contributed by atoms with Crippen LogP contribution in [0.5, 0.6) is 0 Å². The highest BCUT2D eigenvalue weighted by molar-refractivity contribution is 5.95. The van der Waals surface area contributed by atoms with Gasteiger partial charge in [-0.1, -0.05) is 53.6 Å². The quantitative estimate of drug-likeness (QED) is 0.751. The van der Waals surface area contributed by atoms with Crippen molar-refractivity contribution >= 4 is 11.9 Å². The molecule has 6 nitrogen and oxygen atoms in total. The summed E-state index contributed by atoms with van der Waals surface area (Å²) in [4.78, 5) is 16.9. The molecule has 1 aliphatic heterocycles. The van der Waals surface area contributed by atoms with Gasteiger partial charge in [0.2, 0.25) is 11.9 Å². The Bertz CT molecular complexity index is 1080. The largest absolute Gasteiger partial charge is 0.366 e. The Morgan fingerprint density at radius 3 is 2.44 bits per heavy atom. The zero-order chi connectivity index (χ0) is 19.1. The molecule has 6 heteroatoms. The maximum absolute atomic E-state index is 12.2. The summed E-state index contributed by atoms with van der Waals surface area (Å²) in [5, 5.41) is 7.90. The van der Waals surface area contributed by atoms with Crippen LogP contribution < -0.4 is 11.1 Å². The molecule has 3 N–H and O–H groups in total. The molecule has 0 aliphatic carbocycles. The third kappa shape index (κ3) is 2.99. The number of carbonyl (C=O) groups excluding carboxylic acids is 1. The van der Waals surface area contributed by atoms with Gasteiger partial charge in [0.1, 0.15) is 6.04 Å². The maximum atomic E-state index is 12.2. The number of aromatic nitrogens is 3. The van der Waals surface area contributed by atoms with E-state index in [2.05, 4.69) is 10.3 Å². The van der Waals surface area contributed by atoms with E-state index in [1.807, 2.05) is 69.3 Å². The predicted molar refractivity (Wildman–Crippen MR) is 105 cm³/mol. The number of nitrogens with two attached hydrogens (primary N) is 1. The first-order valence-electron chi connectivity index (χ1n) is 8.82. The first-order valence-corrected chi connectivity index (χ1v) is 8.82. The molecule has 1 aromatic heterocycles. The number of amides is 1. The summed E-state index contributed by atoms with van der Waals surface area (Å²) in [6.07, 6.45) is 0. The molecule has 0 radical (unpaired) electrons. The van der Waals surface area contributed by atoms with Crippen LogP contribution in [0.2, 0.25) is 0 Å². The first kappa shape index (κ1) is 17.0. The van der Waals surface area contributed by atoms with Gasteiger partial charge in [-0.15, -0.1) is 5.10 Å². The van der Waals surface area contributed by atoms with E-state index in [1.165, 1.54) is 0 Å². The number of nitrogens with zero attached hydrogens (tertiary/aromatic N) is 3. The van der Waals surface area contributed by atoms with Crippen LogP contribution in [-0.2, 0) is 4.79 Å². The van der Waals surface area contributed by atoms with Gasteiger partial charge in [-0.3, -0.25) is 4.79 Å². The summed E-state index contributed by atoms with van der Waals surface area (Å²) < 4.78 is 1.75.